The molecule has 0 aliphatic carbocycles. The number of nitrogens with one attached hydrogen (secondary N) is 1. The van der Waals surface area contributed by atoms with Crippen LogP contribution < -0.4 is 11.1 Å². The zero-order chi connectivity index (χ0) is 14.5. The summed E-state index contributed by atoms with van der Waals surface area (Å²) in [6.45, 7) is 1.97. The summed E-state index contributed by atoms with van der Waals surface area (Å²) in [6.07, 6.45) is 1.43. The van der Waals surface area contributed by atoms with Crippen molar-refractivity contribution < 1.29 is 13.9 Å². The number of nitrogens with two attached hydrogens (primary N) is 1. The molecule has 1 aromatic carbocycles. The van der Waals surface area contributed by atoms with E-state index in [0.29, 0.717) is 5.69 Å². The third kappa shape index (κ3) is 3.03. The highest BCUT2D eigenvalue weighted by Crippen LogP contribution is 2.24. The summed E-state index contributed by atoms with van der Waals surface area (Å²) in [6, 6.07) is 7.34. The van der Waals surface area contributed by atoms with E-state index >= 15 is 0 Å². The number of esters is 1. The highest BCUT2D eigenvalue weighted by Gasteiger charge is 2.14. The van der Waals surface area contributed by atoms with Crippen molar-refractivity contribution in [3.8, 4) is 0 Å². The fourth-order valence-electron chi connectivity index (χ4n) is 1.66. The zero-order valence-corrected chi connectivity index (χ0v) is 10.9. The number of pyridine rings is 1. The first kappa shape index (κ1) is 13.8. The predicted molar refractivity (Wildman–Crippen MR) is 74.3 cm³/mol. The van der Waals surface area contributed by atoms with E-state index in [2.05, 4.69) is 10.3 Å². The molecular weight excluding hydrogens is 261 g/mol. The molecule has 0 saturated carbocycles. The van der Waals surface area contributed by atoms with E-state index in [1.54, 1.807) is 19.1 Å². The van der Waals surface area contributed by atoms with Crippen LogP contribution in [0.5, 0.6) is 0 Å². The van der Waals surface area contributed by atoms with Gasteiger partial charge in [0.1, 0.15) is 5.82 Å². The highest BCUT2D eigenvalue weighted by atomic mass is 19.1. The molecule has 6 heteroatoms. The number of ether oxygens (including phenoxy) is 1. The molecule has 20 heavy (non-hydrogen) atoms. The quantitative estimate of drug-likeness (QED) is 0.839. The molecule has 0 aliphatic heterocycles. The number of halogens is 1. The van der Waals surface area contributed by atoms with Gasteiger partial charge in [0.25, 0.3) is 0 Å². The van der Waals surface area contributed by atoms with Gasteiger partial charge in [0.15, 0.2) is 5.82 Å². The van der Waals surface area contributed by atoms with Gasteiger partial charge in [-0.25, -0.2) is 14.2 Å². The molecule has 104 valence electrons. The first-order valence-electron chi connectivity index (χ1n) is 6.06. The van der Waals surface area contributed by atoms with Crippen LogP contribution >= 0.6 is 0 Å². The Kier molecular flexibility index (Phi) is 4.14. The Bertz CT molecular complexity index is 632. The lowest BCUT2D eigenvalue weighted by Gasteiger charge is -2.11. The molecule has 0 saturated heterocycles. The van der Waals surface area contributed by atoms with Gasteiger partial charge < -0.3 is 15.8 Å². The van der Waals surface area contributed by atoms with Crippen LogP contribution in [0.4, 0.5) is 21.6 Å². The Morgan fingerprint density at radius 2 is 2.25 bits per heavy atom. The van der Waals surface area contributed by atoms with Gasteiger partial charge in [-0.2, -0.15) is 0 Å². The van der Waals surface area contributed by atoms with Gasteiger partial charge in [-0.05, 0) is 31.2 Å². The SMILES string of the molecule is CCOC(=O)c1ccnc(Nc2cccc(F)c2)c1N. The van der Waals surface area contributed by atoms with E-state index in [-0.39, 0.29) is 29.5 Å². The van der Waals surface area contributed by atoms with Crippen molar-refractivity contribution in [1.29, 1.82) is 0 Å². The van der Waals surface area contributed by atoms with Crippen molar-refractivity contribution in [2.24, 2.45) is 0 Å². The number of carbonyl (C=O) groups is 1. The Labute approximate surface area is 115 Å². The Hall–Kier alpha value is -2.63. The maximum absolute atomic E-state index is 13.1. The fourth-order valence-corrected chi connectivity index (χ4v) is 1.66. The van der Waals surface area contributed by atoms with Gasteiger partial charge in [-0.1, -0.05) is 6.07 Å². The minimum absolute atomic E-state index is 0.162. The molecule has 0 spiro atoms. The number of nitrogen functional groups attached to an aromatic ring is 1. The van der Waals surface area contributed by atoms with Crippen molar-refractivity contribution in [1.82, 2.24) is 4.98 Å². The average Bonchev–Trinajstić information content (AvgIpc) is 2.41. The summed E-state index contributed by atoms with van der Waals surface area (Å²) < 4.78 is 18.0. The first-order valence-corrected chi connectivity index (χ1v) is 6.06. The molecule has 0 radical (unpaired) electrons. The minimum atomic E-state index is -0.519. The van der Waals surface area contributed by atoms with E-state index in [1.165, 1.54) is 24.4 Å². The summed E-state index contributed by atoms with van der Waals surface area (Å²) in [5.41, 5.74) is 6.76. The highest BCUT2D eigenvalue weighted by molar-refractivity contribution is 5.97. The third-order valence-corrected chi connectivity index (χ3v) is 2.57. The number of benzene rings is 1. The van der Waals surface area contributed by atoms with Gasteiger partial charge >= 0.3 is 5.97 Å². The van der Waals surface area contributed by atoms with Crippen LogP contribution in [-0.2, 0) is 4.74 Å². The molecule has 0 unspecified atom stereocenters. The van der Waals surface area contributed by atoms with Crippen LogP contribution in [0.25, 0.3) is 0 Å². The van der Waals surface area contributed by atoms with Gasteiger partial charge in [0.05, 0.1) is 17.9 Å². The molecule has 3 N–H and O–H groups in total. The monoisotopic (exact) mass is 275 g/mol. The van der Waals surface area contributed by atoms with Crippen LogP contribution in [0.3, 0.4) is 0 Å². The third-order valence-electron chi connectivity index (χ3n) is 2.57. The molecule has 0 fully saturated rings. The van der Waals surface area contributed by atoms with Crippen molar-refractivity contribution in [2.45, 2.75) is 6.92 Å². The second-order valence-corrected chi connectivity index (χ2v) is 3.98. The number of hydrogen-bond acceptors (Lipinski definition) is 5. The maximum atomic E-state index is 13.1. The lowest BCUT2D eigenvalue weighted by atomic mass is 10.2. The Morgan fingerprint density at radius 3 is 2.95 bits per heavy atom. The van der Waals surface area contributed by atoms with Crippen molar-refractivity contribution >= 4 is 23.2 Å². The summed E-state index contributed by atoms with van der Waals surface area (Å²) in [5, 5.41) is 2.87. The van der Waals surface area contributed by atoms with Crippen molar-refractivity contribution in [3.63, 3.8) is 0 Å². The van der Waals surface area contributed by atoms with Gasteiger partial charge in [0.2, 0.25) is 0 Å². The van der Waals surface area contributed by atoms with E-state index < -0.39 is 5.97 Å². The largest absolute Gasteiger partial charge is 0.462 e. The van der Waals surface area contributed by atoms with Crippen molar-refractivity contribution in [3.05, 3.63) is 47.9 Å². The topological polar surface area (TPSA) is 77.2 Å². The lowest BCUT2D eigenvalue weighted by Crippen LogP contribution is -2.10. The Balaban J connectivity index is 2.29. The normalized spacial score (nSPS) is 10.1. The zero-order valence-electron chi connectivity index (χ0n) is 10.9. The minimum Gasteiger partial charge on any atom is -0.462 e. The van der Waals surface area contributed by atoms with E-state index in [0.717, 1.165) is 0 Å². The number of anilines is 3. The molecule has 0 bridgehead atoms. The smallest absolute Gasteiger partial charge is 0.340 e. The van der Waals surface area contributed by atoms with Gasteiger partial charge in [-0.3, -0.25) is 0 Å². The summed E-state index contributed by atoms with van der Waals surface area (Å²) >= 11 is 0. The van der Waals surface area contributed by atoms with E-state index in [1.807, 2.05) is 0 Å². The lowest BCUT2D eigenvalue weighted by molar-refractivity contribution is 0.0527. The summed E-state index contributed by atoms with van der Waals surface area (Å²) in [7, 11) is 0. The Morgan fingerprint density at radius 1 is 1.45 bits per heavy atom. The van der Waals surface area contributed by atoms with Gasteiger partial charge in [-0.15, -0.1) is 0 Å². The number of nitrogens with zero attached hydrogens (tertiary/aromatic N) is 1. The number of rotatable bonds is 4. The van der Waals surface area contributed by atoms with Gasteiger partial charge in [0, 0.05) is 11.9 Å². The molecule has 0 amide bonds. The van der Waals surface area contributed by atoms with E-state index in [9.17, 15) is 9.18 Å². The maximum Gasteiger partial charge on any atom is 0.340 e. The van der Waals surface area contributed by atoms with Crippen molar-refractivity contribution in [2.75, 3.05) is 17.7 Å². The fraction of sp³-hybridized carbons (Fsp3) is 0.143. The molecule has 5 nitrogen and oxygen atoms in total. The molecule has 1 aromatic heterocycles. The second-order valence-electron chi connectivity index (χ2n) is 3.98. The molecule has 1 heterocycles. The molecule has 2 aromatic rings. The average molecular weight is 275 g/mol. The number of hydrogen-bond donors (Lipinski definition) is 2. The molecular formula is C14H14FN3O2. The first-order chi connectivity index (χ1) is 9.61. The summed E-state index contributed by atoms with van der Waals surface area (Å²) in [5.74, 6) is -0.619. The standard InChI is InChI=1S/C14H14FN3O2/c1-2-20-14(19)11-6-7-17-13(12(11)16)18-10-5-3-4-9(15)8-10/h3-8H,2,16H2,1H3,(H,17,18). The number of aromatic nitrogens is 1. The second kappa shape index (κ2) is 6.01. The molecule has 0 atom stereocenters. The molecule has 2 rings (SSSR count). The predicted octanol–water partition coefficient (Wildman–Crippen LogP) is 2.72. The van der Waals surface area contributed by atoms with Crippen LogP contribution in [0.1, 0.15) is 17.3 Å². The number of carbonyl (C=O) groups excluding carboxylic acids is 1. The molecule has 0 aliphatic rings. The van der Waals surface area contributed by atoms with Crippen LogP contribution in [0.2, 0.25) is 0 Å². The van der Waals surface area contributed by atoms with Crippen LogP contribution in [0.15, 0.2) is 36.5 Å². The summed E-state index contributed by atoms with van der Waals surface area (Å²) in [4.78, 5) is 15.7. The van der Waals surface area contributed by atoms with E-state index in [4.69, 9.17) is 10.5 Å². The van der Waals surface area contributed by atoms with Crippen LogP contribution in [0, 0.1) is 5.82 Å². The van der Waals surface area contributed by atoms with Crippen LogP contribution in [-0.4, -0.2) is 17.6 Å².